The topological polar surface area (TPSA) is 91.8 Å². The Morgan fingerprint density at radius 1 is 0.941 bits per heavy atom. The van der Waals surface area contributed by atoms with Gasteiger partial charge in [-0.2, -0.15) is 4.31 Å². The minimum Gasteiger partial charge on any atom is -0.299 e. The molecule has 0 spiro atoms. The second-order valence-electron chi connectivity index (χ2n) is 11.9. The predicted molar refractivity (Wildman–Crippen MR) is 132 cm³/mol. The zero-order valence-electron chi connectivity index (χ0n) is 21.0. The number of benzene rings is 1. The summed E-state index contributed by atoms with van der Waals surface area (Å²) in [4.78, 5) is 12.7. The molecule has 1 saturated heterocycles. The number of ketones is 1. The largest absolute Gasteiger partial charge is 0.299 e. The molecule has 2 saturated carbocycles. The van der Waals surface area contributed by atoms with E-state index in [4.69, 9.17) is 0 Å². The summed E-state index contributed by atoms with van der Waals surface area (Å²) < 4.78 is 55.9. The van der Waals surface area contributed by atoms with Crippen LogP contribution in [0.2, 0.25) is 0 Å². The van der Waals surface area contributed by atoms with E-state index >= 15 is 0 Å². The van der Waals surface area contributed by atoms with Gasteiger partial charge in [-0.05, 0) is 53.2 Å². The number of nitrogens with zero attached hydrogens (tertiary/aromatic N) is 2. The Hall–Kier alpha value is -1.29. The smallest absolute Gasteiger partial charge is 0.243 e. The average molecular weight is 511 g/mol. The van der Waals surface area contributed by atoms with E-state index in [1.54, 1.807) is 12.1 Å². The third kappa shape index (κ3) is 4.61. The van der Waals surface area contributed by atoms with Crippen molar-refractivity contribution in [2.45, 2.75) is 64.2 Å². The monoisotopic (exact) mass is 510 g/mol. The highest BCUT2D eigenvalue weighted by Gasteiger charge is 2.58. The molecule has 3 aliphatic rings. The Labute approximate surface area is 205 Å². The standard InChI is InChI=1S/C25H38N2O5S2/c1-24(2,3)19-7-9-21(10-8-19)34(31,32)27-12-6-11-26(13-14-27)33(29,30)17-18-15-20-16-22(28)23(18)25(20,4)5/h7-10,18,20,23H,6,11-17H2,1-5H3. The molecule has 3 unspecified atom stereocenters. The van der Waals surface area contributed by atoms with Crippen LogP contribution in [0.5, 0.6) is 0 Å². The van der Waals surface area contributed by atoms with Gasteiger partial charge in [-0.1, -0.05) is 46.8 Å². The van der Waals surface area contributed by atoms with E-state index in [1.807, 2.05) is 12.1 Å². The fourth-order valence-corrected chi connectivity index (χ4v) is 9.58. The predicted octanol–water partition coefficient (Wildman–Crippen LogP) is 3.26. The van der Waals surface area contributed by atoms with Gasteiger partial charge in [0.2, 0.25) is 20.0 Å². The summed E-state index contributed by atoms with van der Waals surface area (Å²) in [5.41, 5.74) is 0.851. The summed E-state index contributed by atoms with van der Waals surface area (Å²) in [6.07, 6.45) is 1.79. The van der Waals surface area contributed by atoms with Crippen LogP contribution in [0.3, 0.4) is 0 Å². The van der Waals surface area contributed by atoms with Gasteiger partial charge in [0, 0.05) is 38.5 Å². The van der Waals surface area contributed by atoms with Crippen molar-refractivity contribution in [2.75, 3.05) is 31.9 Å². The second kappa shape index (κ2) is 8.68. The highest BCUT2D eigenvalue weighted by Crippen LogP contribution is 2.58. The van der Waals surface area contributed by atoms with Gasteiger partial charge in [-0.3, -0.25) is 4.79 Å². The van der Waals surface area contributed by atoms with Crippen molar-refractivity contribution < 1.29 is 21.6 Å². The zero-order valence-corrected chi connectivity index (χ0v) is 22.6. The van der Waals surface area contributed by atoms with Gasteiger partial charge in [0.1, 0.15) is 5.78 Å². The van der Waals surface area contributed by atoms with E-state index in [0.717, 1.165) is 12.0 Å². The molecule has 1 aromatic carbocycles. The molecule has 9 heteroatoms. The number of Topliss-reactive ketones (excluding diaryl/α,β-unsaturated/α-hetero) is 1. The molecule has 0 N–H and O–H groups in total. The Morgan fingerprint density at radius 3 is 2.09 bits per heavy atom. The number of hydrogen-bond acceptors (Lipinski definition) is 5. The van der Waals surface area contributed by atoms with E-state index in [1.165, 1.54) is 8.61 Å². The summed E-state index contributed by atoms with van der Waals surface area (Å²) in [5, 5.41) is 0. The first-order valence-corrected chi connectivity index (χ1v) is 15.3. The summed E-state index contributed by atoms with van der Waals surface area (Å²) in [7, 11) is -7.28. The fraction of sp³-hybridized carbons (Fsp3) is 0.720. The lowest BCUT2D eigenvalue weighted by molar-refractivity contribution is -0.123. The quantitative estimate of drug-likeness (QED) is 0.606. The van der Waals surface area contributed by atoms with Crippen LogP contribution in [0, 0.1) is 23.2 Å². The van der Waals surface area contributed by atoms with E-state index in [9.17, 15) is 21.6 Å². The van der Waals surface area contributed by atoms with Crippen LogP contribution < -0.4 is 0 Å². The maximum absolute atomic E-state index is 13.3. The van der Waals surface area contributed by atoms with Gasteiger partial charge in [-0.25, -0.2) is 21.1 Å². The van der Waals surface area contributed by atoms with Crippen molar-refractivity contribution in [3.63, 3.8) is 0 Å². The molecule has 190 valence electrons. The lowest BCUT2D eigenvalue weighted by Crippen LogP contribution is -2.41. The fourth-order valence-electron chi connectivity index (χ4n) is 6.27. The van der Waals surface area contributed by atoms with Crippen molar-refractivity contribution >= 4 is 25.8 Å². The normalized spacial score (nSPS) is 28.9. The van der Waals surface area contributed by atoms with Crippen LogP contribution in [0.1, 0.15) is 59.4 Å². The minimum absolute atomic E-state index is 0.0235. The van der Waals surface area contributed by atoms with Crippen molar-refractivity contribution in [3.05, 3.63) is 29.8 Å². The third-order valence-corrected chi connectivity index (χ3v) is 12.2. The molecule has 0 radical (unpaired) electrons. The molecular weight excluding hydrogens is 472 g/mol. The number of rotatable bonds is 5. The summed E-state index contributed by atoms with van der Waals surface area (Å²) in [5.74, 6) is 0.110. The van der Waals surface area contributed by atoms with Gasteiger partial charge in [0.25, 0.3) is 0 Å². The maximum Gasteiger partial charge on any atom is 0.243 e. The van der Waals surface area contributed by atoms with E-state index in [-0.39, 0.29) is 64.6 Å². The lowest BCUT2D eigenvalue weighted by Gasteiger charge is -2.27. The molecule has 7 nitrogen and oxygen atoms in total. The van der Waals surface area contributed by atoms with Gasteiger partial charge >= 0.3 is 0 Å². The molecule has 1 heterocycles. The van der Waals surface area contributed by atoms with E-state index < -0.39 is 20.0 Å². The van der Waals surface area contributed by atoms with Gasteiger partial charge in [0.05, 0.1) is 10.6 Å². The molecule has 3 atom stereocenters. The molecule has 2 aliphatic carbocycles. The Balaban J connectivity index is 1.44. The third-order valence-electron chi connectivity index (χ3n) is 8.30. The number of hydrogen-bond donors (Lipinski definition) is 0. The summed E-state index contributed by atoms with van der Waals surface area (Å²) in [6.45, 7) is 11.3. The molecule has 3 fully saturated rings. The molecule has 2 bridgehead atoms. The molecule has 4 rings (SSSR count). The summed E-state index contributed by atoms with van der Waals surface area (Å²) in [6, 6.07) is 6.98. The molecule has 34 heavy (non-hydrogen) atoms. The molecule has 0 aromatic heterocycles. The van der Waals surface area contributed by atoms with Crippen molar-refractivity contribution in [3.8, 4) is 0 Å². The Bertz CT molecular complexity index is 1150. The van der Waals surface area contributed by atoms with Crippen LogP contribution in [-0.4, -0.2) is 63.2 Å². The Kier molecular flexibility index (Phi) is 6.58. The van der Waals surface area contributed by atoms with Gasteiger partial charge in [-0.15, -0.1) is 0 Å². The van der Waals surface area contributed by atoms with E-state index in [2.05, 4.69) is 34.6 Å². The first kappa shape index (κ1) is 25.8. The Morgan fingerprint density at radius 2 is 1.53 bits per heavy atom. The van der Waals surface area contributed by atoms with Crippen LogP contribution in [0.25, 0.3) is 0 Å². The van der Waals surface area contributed by atoms with Crippen molar-refractivity contribution in [1.82, 2.24) is 8.61 Å². The first-order chi connectivity index (χ1) is 15.6. The van der Waals surface area contributed by atoms with Crippen LogP contribution >= 0.6 is 0 Å². The highest BCUT2D eigenvalue weighted by atomic mass is 32.2. The number of carbonyl (C=O) groups excluding carboxylic acids is 1. The molecule has 1 aromatic rings. The molecule has 1 aliphatic heterocycles. The number of carbonyl (C=O) groups is 1. The van der Waals surface area contributed by atoms with E-state index in [0.29, 0.717) is 19.4 Å². The number of fused-ring (bicyclic) bond motifs is 2. The summed E-state index contributed by atoms with van der Waals surface area (Å²) >= 11 is 0. The zero-order chi connectivity index (χ0) is 25.1. The molecular formula is C25H38N2O5S2. The average Bonchev–Trinajstić information content (AvgIpc) is 2.97. The highest BCUT2D eigenvalue weighted by molar-refractivity contribution is 7.89. The lowest BCUT2D eigenvalue weighted by atomic mass is 9.80. The van der Waals surface area contributed by atoms with Gasteiger partial charge in [0.15, 0.2) is 0 Å². The van der Waals surface area contributed by atoms with Crippen LogP contribution in [-0.2, 0) is 30.3 Å². The minimum atomic E-state index is -3.70. The number of sulfonamides is 2. The van der Waals surface area contributed by atoms with Crippen LogP contribution in [0.15, 0.2) is 29.2 Å². The maximum atomic E-state index is 13.3. The van der Waals surface area contributed by atoms with Crippen molar-refractivity contribution in [2.24, 2.45) is 23.2 Å². The molecule has 0 amide bonds. The van der Waals surface area contributed by atoms with Crippen LogP contribution in [0.4, 0.5) is 0 Å². The first-order valence-electron chi connectivity index (χ1n) is 12.3. The van der Waals surface area contributed by atoms with Crippen molar-refractivity contribution in [1.29, 1.82) is 0 Å². The second-order valence-corrected chi connectivity index (χ2v) is 15.8. The van der Waals surface area contributed by atoms with Gasteiger partial charge < -0.3 is 0 Å². The SMILES string of the molecule is CC(C)(C)c1ccc(S(=O)(=O)N2CCCN(S(=O)(=O)CC3CC4CC(=O)C3C4(C)C)CC2)cc1.